The fourth-order valence-corrected chi connectivity index (χ4v) is 1.91. The number of hydrogen-bond donors (Lipinski definition) is 0. The predicted molar refractivity (Wildman–Crippen MR) is 63.8 cm³/mol. The summed E-state index contributed by atoms with van der Waals surface area (Å²) in [4.78, 5) is 1.71. The minimum absolute atomic E-state index is 0.808. The molecule has 0 radical (unpaired) electrons. The third-order valence-electron chi connectivity index (χ3n) is 1.94. The molecule has 72 valence electrons. The summed E-state index contributed by atoms with van der Waals surface area (Å²) in [6, 6.07) is 10.1. The highest BCUT2D eigenvalue weighted by molar-refractivity contribution is 14.1. The molecule has 3 nitrogen and oxygen atoms in total. The van der Waals surface area contributed by atoms with Crippen LogP contribution in [0.15, 0.2) is 30.3 Å². The second-order valence-corrected chi connectivity index (χ2v) is 3.92. The van der Waals surface area contributed by atoms with E-state index in [4.69, 9.17) is 0 Å². The van der Waals surface area contributed by atoms with Crippen LogP contribution >= 0.6 is 22.6 Å². The molecule has 0 fully saturated rings. The van der Waals surface area contributed by atoms with Gasteiger partial charge in [-0.25, -0.2) is 0 Å². The zero-order chi connectivity index (χ0) is 9.97. The fraction of sp³-hybridized carbons (Fsp3) is 0.200. The van der Waals surface area contributed by atoms with Crippen molar-refractivity contribution in [3.8, 4) is 11.3 Å². The van der Waals surface area contributed by atoms with Crippen molar-refractivity contribution >= 4 is 22.6 Å². The van der Waals surface area contributed by atoms with Crippen molar-refractivity contribution in [1.82, 2.24) is 15.0 Å². The predicted octanol–water partition coefficient (Wildman–Crippen LogP) is 2.57. The van der Waals surface area contributed by atoms with E-state index in [9.17, 15) is 0 Å². The van der Waals surface area contributed by atoms with Crippen LogP contribution in [-0.2, 0) is 6.54 Å². The summed E-state index contributed by atoms with van der Waals surface area (Å²) in [5, 5.41) is 8.69. The Morgan fingerprint density at radius 3 is 2.50 bits per heavy atom. The lowest BCUT2D eigenvalue weighted by Crippen LogP contribution is -1.98. The van der Waals surface area contributed by atoms with Crippen molar-refractivity contribution in [2.24, 2.45) is 0 Å². The maximum Gasteiger partial charge on any atom is 0.151 e. The van der Waals surface area contributed by atoms with Gasteiger partial charge in [-0.15, -0.1) is 5.10 Å². The molecule has 1 aromatic heterocycles. The molecular formula is C10H10IN3. The van der Waals surface area contributed by atoms with E-state index in [1.54, 1.807) is 4.80 Å². The molecule has 0 unspecified atom stereocenters. The first-order valence-electron chi connectivity index (χ1n) is 4.47. The number of benzene rings is 1. The first kappa shape index (κ1) is 9.64. The number of aromatic nitrogens is 3. The molecule has 2 rings (SSSR count). The normalized spacial score (nSPS) is 10.4. The molecular weight excluding hydrogens is 289 g/mol. The Balaban J connectivity index is 2.46. The van der Waals surface area contributed by atoms with Crippen molar-refractivity contribution in [3.63, 3.8) is 0 Å². The van der Waals surface area contributed by atoms with Gasteiger partial charge in [0.1, 0.15) is 5.69 Å². The van der Waals surface area contributed by atoms with E-state index in [1.807, 2.05) is 37.3 Å². The van der Waals surface area contributed by atoms with Gasteiger partial charge < -0.3 is 0 Å². The third kappa shape index (κ3) is 1.79. The topological polar surface area (TPSA) is 30.7 Å². The average Bonchev–Trinajstić information content (AvgIpc) is 2.61. The Labute approximate surface area is 96.3 Å². The molecule has 1 aromatic carbocycles. The van der Waals surface area contributed by atoms with Crippen molar-refractivity contribution in [1.29, 1.82) is 0 Å². The summed E-state index contributed by atoms with van der Waals surface area (Å²) in [5.41, 5.74) is 2.09. The Morgan fingerprint density at radius 1 is 1.21 bits per heavy atom. The second kappa shape index (κ2) is 4.08. The van der Waals surface area contributed by atoms with Crippen LogP contribution in [0.25, 0.3) is 11.3 Å². The van der Waals surface area contributed by atoms with Crippen LogP contribution < -0.4 is 0 Å². The van der Waals surface area contributed by atoms with Gasteiger partial charge in [0.25, 0.3) is 0 Å². The van der Waals surface area contributed by atoms with Crippen LogP contribution in [0.3, 0.4) is 0 Å². The maximum atomic E-state index is 4.40. The molecule has 4 heteroatoms. The minimum atomic E-state index is 0.808. The van der Waals surface area contributed by atoms with Crippen LogP contribution in [0.4, 0.5) is 0 Å². The molecule has 0 amide bonds. The van der Waals surface area contributed by atoms with Gasteiger partial charge in [-0.2, -0.15) is 9.90 Å². The Bertz CT molecular complexity index is 422. The smallest absolute Gasteiger partial charge is 0.151 e. The van der Waals surface area contributed by atoms with Crippen LogP contribution in [0, 0.1) is 3.70 Å². The average molecular weight is 299 g/mol. The standard InChI is InChI=1S/C10H10IN3/c1-2-14-12-9(10(11)13-14)8-6-4-3-5-7-8/h3-7H,2H2,1H3. The second-order valence-electron chi connectivity index (χ2n) is 2.89. The van der Waals surface area contributed by atoms with Crippen molar-refractivity contribution in [3.05, 3.63) is 34.0 Å². The third-order valence-corrected chi connectivity index (χ3v) is 2.67. The molecule has 0 aliphatic carbocycles. The molecule has 1 heterocycles. The van der Waals surface area contributed by atoms with Crippen molar-refractivity contribution < 1.29 is 0 Å². The van der Waals surface area contributed by atoms with Gasteiger partial charge >= 0.3 is 0 Å². The molecule has 0 saturated carbocycles. The van der Waals surface area contributed by atoms with Crippen LogP contribution in [0.5, 0.6) is 0 Å². The van der Waals surface area contributed by atoms with Gasteiger partial charge in [-0.1, -0.05) is 30.3 Å². The summed E-state index contributed by atoms with van der Waals surface area (Å²) in [6.07, 6.45) is 0. The quantitative estimate of drug-likeness (QED) is 0.798. The molecule has 2 aromatic rings. The SMILES string of the molecule is CCn1nc(I)c(-c2ccccc2)n1. The number of rotatable bonds is 2. The molecule has 0 aliphatic heterocycles. The molecule has 14 heavy (non-hydrogen) atoms. The summed E-state index contributed by atoms with van der Waals surface area (Å²) >= 11 is 2.21. The van der Waals surface area contributed by atoms with E-state index in [0.29, 0.717) is 0 Å². The Kier molecular flexibility index (Phi) is 2.81. The summed E-state index contributed by atoms with van der Waals surface area (Å²) in [7, 11) is 0. The summed E-state index contributed by atoms with van der Waals surface area (Å²) in [5.74, 6) is 0. The lowest BCUT2D eigenvalue weighted by molar-refractivity contribution is 0.568. The molecule has 0 N–H and O–H groups in total. The fourth-order valence-electron chi connectivity index (χ4n) is 1.24. The van der Waals surface area contributed by atoms with Gasteiger partial charge in [0.2, 0.25) is 0 Å². The Morgan fingerprint density at radius 2 is 1.93 bits per heavy atom. The van der Waals surface area contributed by atoms with E-state index in [-0.39, 0.29) is 0 Å². The maximum absolute atomic E-state index is 4.40. The van der Waals surface area contributed by atoms with E-state index in [1.165, 1.54) is 0 Å². The largest absolute Gasteiger partial charge is 0.184 e. The molecule has 0 spiro atoms. The van der Waals surface area contributed by atoms with E-state index >= 15 is 0 Å². The van der Waals surface area contributed by atoms with Crippen LogP contribution in [-0.4, -0.2) is 15.0 Å². The highest BCUT2D eigenvalue weighted by Gasteiger charge is 2.08. The lowest BCUT2D eigenvalue weighted by Gasteiger charge is -1.94. The molecule has 0 aliphatic rings. The monoisotopic (exact) mass is 299 g/mol. The first-order chi connectivity index (χ1) is 6.81. The molecule has 0 saturated heterocycles. The highest BCUT2D eigenvalue weighted by Crippen LogP contribution is 2.20. The number of aryl methyl sites for hydroxylation is 1. The van der Waals surface area contributed by atoms with Crippen LogP contribution in [0.2, 0.25) is 0 Å². The number of hydrogen-bond acceptors (Lipinski definition) is 2. The van der Waals surface area contributed by atoms with Crippen molar-refractivity contribution in [2.45, 2.75) is 13.5 Å². The minimum Gasteiger partial charge on any atom is -0.184 e. The lowest BCUT2D eigenvalue weighted by atomic mass is 10.2. The van der Waals surface area contributed by atoms with Gasteiger partial charge in [-0.05, 0) is 29.5 Å². The summed E-state index contributed by atoms with van der Waals surface area (Å²) < 4.78 is 0.954. The highest BCUT2D eigenvalue weighted by atomic mass is 127. The van der Waals surface area contributed by atoms with Gasteiger partial charge in [0.15, 0.2) is 3.70 Å². The van der Waals surface area contributed by atoms with Crippen molar-refractivity contribution in [2.75, 3.05) is 0 Å². The van der Waals surface area contributed by atoms with E-state index in [0.717, 1.165) is 21.5 Å². The van der Waals surface area contributed by atoms with Gasteiger partial charge in [0, 0.05) is 5.56 Å². The van der Waals surface area contributed by atoms with E-state index < -0.39 is 0 Å². The zero-order valence-electron chi connectivity index (χ0n) is 7.81. The zero-order valence-corrected chi connectivity index (χ0v) is 9.97. The van der Waals surface area contributed by atoms with Gasteiger partial charge in [0.05, 0.1) is 6.54 Å². The number of nitrogens with zero attached hydrogens (tertiary/aromatic N) is 3. The van der Waals surface area contributed by atoms with E-state index in [2.05, 4.69) is 32.8 Å². The Hall–Kier alpha value is -0.910. The first-order valence-corrected chi connectivity index (χ1v) is 5.55. The van der Waals surface area contributed by atoms with Gasteiger partial charge in [-0.3, -0.25) is 0 Å². The molecule has 0 atom stereocenters. The molecule has 0 bridgehead atoms. The van der Waals surface area contributed by atoms with Crippen LogP contribution in [0.1, 0.15) is 6.92 Å². The number of halogens is 1. The summed E-state index contributed by atoms with van der Waals surface area (Å²) in [6.45, 7) is 2.84.